The van der Waals surface area contributed by atoms with Gasteiger partial charge >= 0.3 is 5.97 Å². The molecule has 1 N–H and O–H groups in total. The summed E-state index contributed by atoms with van der Waals surface area (Å²) in [5.41, 5.74) is 0.250. The van der Waals surface area contributed by atoms with E-state index in [1.54, 1.807) is 0 Å². The number of rotatable bonds is 9. The van der Waals surface area contributed by atoms with Gasteiger partial charge in [-0.2, -0.15) is 0 Å². The first-order valence-electron chi connectivity index (χ1n) is 12.2. The van der Waals surface area contributed by atoms with Crippen LogP contribution in [0, 0.1) is 5.92 Å². The normalized spacial score (nSPS) is 25.5. The van der Waals surface area contributed by atoms with Gasteiger partial charge in [-0.3, -0.25) is 4.98 Å². The molecule has 1 aromatic heterocycles. The van der Waals surface area contributed by atoms with Crippen LogP contribution in [0.1, 0.15) is 56.2 Å². The van der Waals surface area contributed by atoms with Gasteiger partial charge in [0.05, 0.1) is 20.1 Å². The Balaban J connectivity index is 1.38. The zero-order chi connectivity index (χ0) is 22.4. The van der Waals surface area contributed by atoms with Crippen LogP contribution in [0.4, 0.5) is 0 Å². The highest BCUT2D eigenvalue weighted by molar-refractivity contribution is 5.81. The van der Waals surface area contributed by atoms with E-state index in [4.69, 9.17) is 4.74 Å². The second kappa shape index (κ2) is 10.1. The Bertz CT molecular complexity index is 869. The third kappa shape index (κ3) is 4.89. The molecular formula is C27H37N2O3+. The van der Waals surface area contributed by atoms with Crippen molar-refractivity contribution in [3.8, 4) is 0 Å². The summed E-state index contributed by atoms with van der Waals surface area (Å²) < 4.78 is 6.83. The number of ether oxygens (including phenoxy) is 1. The quantitative estimate of drug-likeness (QED) is 0.471. The molecule has 1 saturated carbocycles. The van der Waals surface area contributed by atoms with Crippen molar-refractivity contribution < 1.29 is 19.1 Å². The van der Waals surface area contributed by atoms with Crippen LogP contribution in [0.2, 0.25) is 0 Å². The Hall–Kier alpha value is -2.24. The number of aromatic nitrogens is 1. The minimum absolute atomic E-state index is 0.0692. The summed E-state index contributed by atoms with van der Waals surface area (Å²) in [5.74, 6) is -0.539. The third-order valence-electron chi connectivity index (χ3n) is 7.79. The molecule has 0 radical (unpaired) electrons. The monoisotopic (exact) mass is 437 g/mol. The summed E-state index contributed by atoms with van der Waals surface area (Å²) in [6, 6.07) is 15.7. The van der Waals surface area contributed by atoms with Crippen molar-refractivity contribution >= 4 is 5.97 Å². The Morgan fingerprint density at radius 3 is 2.56 bits per heavy atom. The fourth-order valence-corrected chi connectivity index (χ4v) is 5.75. The topological polar surface area (TPSA) is 59.4 Å². The molecule has 0 amide bonds. The second-order valence-corrected chi connectivity index (χ2v) is 9.86. The van der Waals surface area contributed by atoms with Crippen molar-refractivity contribution in [1.82, 2.24) is 4.98 Å². The van der Waals surface area contributed by atoms with Gasteiger partial charge in [-0.15, -0.1) is 0 Å². The number of pyridine rings is 1. The van der Waals surface area contributed by atoms with Gasteiger partial charge in [-0.25, -0.2) is 4.79 Å². The van der Waals surface area contributed by atoms with Gasteiger partial charge in [0.1, 0.15) is 12.6 Å². The highest BCUT2D eigenvalue weighted by atomic mass is 16.6. The van der Waals surface area contributed by atoms with E-state index < -0.39 is 11.6 Å². The van der Waals surface area contributed by atoms with Gasteiger partial charge in [0, 0.05) is 37.1 Å². The SMILES string of the molecule is C[N+]1(CCCc2ccccn2)CCCC1COC(=O)C(O)(c1ccccc1)C1CCCC1. The minimum atomic E-state index is -1.54. The number of hydrogen-bond acceptors (Lipinski definition) is 4. The van der Waals surface area contributed by atoms with Gasteiger partial charge in [0.25, 0.3) is 0 Å². The molecule has 5 heteroatoms. The summed E-state index contributed by atoms with van der Waals surface area (Å²) in [6.45, 7) is 2.53. The van der Waals surface area contributed by atoms with E-state index in [1.165, 1.54) is 0 Å². The average Bonchev–Trinajstić information content (AvgIpc) is 3.49. The molecular weight excluding hydrogens is 400 g/mol. The van der Waals surface area contributed by atoms with Crippen LogP contribution in [0.5, 0.6) is 0 Å². The molecule has 2 fully saturated rings. The summed E-state index contributed by atoms with van der Waals surface area (Å²) in [7, 11) is 2.28. The van der Waals surface area contributed by atoms with Crippen LogP contribution >= 0.6 is 0 Å². The highest BCUT2D eigenvalue weighted by Gasteiger charge is 2.48. The van der Waals surface area contributed by atoms with Crippen molar-refractivity contribution in [2.24, 2.45) is 5.92 Å². The van der Waals surface area contributed by atoms with Crippen molar-refractivity contribution in [2.75, 3.05) is 26.7 Å². The van der Waals surface area contributed by atoms with Crippen molar-refractivity contribution in [2.45, 2.75) is 63.0 Å². The maximum Gasteiger partial charge on any atom is 0.343 e. The first-order valence-corrected chi connectivity index (χ1v) is 12.2. The van der Waals surface area contributed by atoms with Crippen molar-refractivity contribution in [3.63, 3.8) is 0 Å². The van der Waals surface area contributed by atoms with Crippen LogP contribution < -0.4 is 0 Å². The molecule has 4 rings (SSSR count). The molecule has 32 heavy (non-hydrogen) atoms. The highest BCUT2D eigenvalue weighted by Crippen LogP contribution is 2.41. The number of aryl methyl sites for hydroxylation is 1. The third-order valence-corrected chi connectivity index (χ3v) is 7.79. The number of carbonyl (C=O) groups excluding carboxylic acids is 1. The van der Waals surface area contributed by atoms with Crippen molar-refractivity contribution in [1.29, 1.82) is 0 Å². The minimum Gasteiger partial charge on any atom is -0.457 e. The molecule has 1 aromatic carbocycles. The predicted octanol–water partition coefficient (Wildman–Crippen LogP) is 4.24. The molecule has 1 aliphatic carbocycles. The van der Waals surface area contributed by atoms with E-state index in [0.29, 0.717) is 12.2 Å². The number of likely N-dealkylation sites (tertiary alicyclic amines) is 1. The van der Waals surface area contributed by atoms with E-state index in [0.717, 1.165) is 74.6 Å². The fourth-order valence-electron chi connectivity index (χ4n) is 5.75. The van der Waals surface area contributed by atoms with Crippen LogP contribution in [-0.4, -0.2) is 53.3 Å². The molecule has 2 aliphatic rings. The molecule has 1 aliphatic heterocycles. The van der Waals surface area contributed by atoms with Gasteiger partial charge < -0.3 is 14.3 Å². The Kier molecular flexibility index (Phi) is 7.27. The number of hydrogen-bond donors (Lipinski definition) is 1. The van der Waals surface area contributed by atoms with E-state index in [9.17, 15) is 9.90 Å². The van der Waals surface area contributed by atoms with Crippen LogP contribution in [0.15, 0.2) is 54.7 Å². The van der Waals surface area contributed by atoms with Gasteiger partial charge in [0.2, 0.25) is 0 Å². The summed E-state index contributed by atoms with van der Waals surface area (Å²) in [5, 5.41) is 11.6. The number of likely N-dealkylation sites (N-methyl/N-ethyl adjacent to an activating group) is 1. The van der Waals surface area contributed by atoms with Gasteiger partial charge in [-0.05, 0) is 37.0 Å². The van der Waals surface area contributed by atoms with E-state index in [-0.39, 0.29) is 12.0 Å². The predicted molar refractivity (Wildman–Crippen MR) is 125 cm³/mol. The molecule has 0 spiro atoms. The number of carbonyl (C=O) groups is 1. The maximum absolute atomic E-state index is 13.3. The molecule has 2 aromatic rings. The summed E-state index contributed by atoms with van der Waals surface area (Å²) >= 11 is 0. The average molecular weight is 438 g/mol. The molecule has 0 bridgehead atoms. The van der Waals surface area contributed by atoms with Crippen molar-refractivity contribution in [3.05, 3.63) is 66.0 Å². The molecule has 1 saturated heterocycles. The zero-order valence-electron chi connectivity index (χ0n) is 19.3. The second-order valence-electron chi connectivity index (χ2n) is 9.86. The lowest BCUT2D eigenvalue weighted by Gasteiger charge is -2.37. The molecule has 5 nitrogen and oxygen atoms in total. The smallest absolute Gasteiger partial charge is 0.343 e. The number of nitrogens with zero attached hydrogens (tertiary/aromatic N) is 2. The Morgan fingerprint density at radius 1 is 1.09 bits per heavy atom. The van der Waals surface area contributed by atoms with Crippen LogP contribution in [0.3, 0.4) is 0 Å². The van der Waals surface area contributed by atoms with Gasteiger partial charge in [-0.1, -0.05) is 49.2 Å². The standard InChI is InChI=1S/C27H37N2O3/c1-29(19-9-16-24-15-7-8-18-28-24)20-10-17-25(29)21-32-26(30)27(31,23-13-5-6-14-23)22-11-3-2-4-12-22/h2-4,7-8,11-12,15,18,23,25,31H,5-6,9-10,13-14,16-17,19-21H2,1H3/q+1. The number of benzene rings is 1. The first-order chi connectivity index (χ1) is 15.5. The first kappa shape index (κ1) is 22.9. The number of aliphatic hydroxyl groups is 1. The summed E-state index contributed by atoms with van der Waals surface area (Å²) in [4.78, 5) is 17.8. The van der Waals surface area contributed by atoms with Gasteiger partial charge in [0.15, 0.2) is 5.60 Å². The molecule has 3 atom stereocenters. The number of quaternary nitrogens is 1. The summed E-state index contributed by atoms with van der Waals surface area (Å²) in [6.07, 6.45) is 9.93. The Morgan fingerprint density at radius 2 is 1.84 bits per heavy atom. The molecule has 172 valence electrons. The molecule has 3 unspecified atom stereocenters. The largest absolute Gasteiger partial charge is 0.457 e. The lowest BCUT2D eigenvalue weighted by molar-refractivity contribution is -0.921. The Labute approximate surface area is 192 Å². The van der Waals surface area contributed by atoms with E-state index in [1.807, 2.05) is 48.7 Å². The maximum atomic E-state index is 13.3. The van der Waals surface area contributed by atoms with Crippen LogP contribution in [-0.2, 0) is 21.6 Å². The lowest BCUT2D eigenvalue weighted by Crippen LogP contribution is -2.52. The van der Waals surface area contributed by atoms with Crippen LogP contribution in [0.25, 0.3) is 0 Å². The molecule has 2 heterocycles. The zero-order valence-corrected chi connectivity index (χ0v) is 19.3. The van der Waals surface area contributed by atoms with E-state index in [2.05, 4.69) is 18.1 Å². The van der Waals surface area contributed by atoms with E-state index >= 15 is 0 Å². The number of esters is 1. The lowest BCUT2D eigenvalue weighted by atomic mass is 9.80. The fraction of sp³-hybridized carbons (Fsp3) is 0.556.